The Labute approximate surface area is 87.8 Å². The molecule has 4 nitrogen and oxygen atoms in total. The highest BCUT2D eigenvalue weighted by Gasteiger charge is 2.44. The van der Waals surface area contributed by atoms with Gasteiger partial charge in [-0.2, -0.15) is 0 Å². The SMILES string of the molecule is CCCC(N)C(C)(C)C(N)(N)N(C)C. The summed E-state index contributed by atoms with van der Waals surface area (Å²) >= 11 is 0. The van der Waals surface area contributed by atoms with Gasteiger partial charge in [-0.05, 0) is 20.5 Å². The minimum atomic E-state index is -0.873. The Morgan fingerprint density at radius 1 is 1.21 bits per heavy atom. The molecular weight excluding hydrogens is 176 g/mol. The average molecular weight is 202 g/mol. The maximum absolute atomic E-state index is 6.10. The van der Waals surface area contributed by atoms with E-state index in [0.717, 1.165) is 12.8 Å². The summed E-state index contributed by atoms with van der Waals surface area (Å²) < 4.78 is 0. The van der Waals surface area contributed by atoms with E-state index in [1.807, 2.05) is 32.8 Å². The first-order valence-corrected chi connectivity index (χ1v) is 5.18. The van der Waals surface area contributed by atoms with Gasteiger partial charge in [0.15, 0.2) is 0 Å². The van der Waals surface area contributed by atoms with Crippen molar-refractivity contribution in [1.82, 2.24) is 4.90 Å². The van der Waals surface area contributed by atoms with Crippen molar-refractivity contribution >= 4 is 0 Å². The Morgan fingerprint density at radius 2 is 1.64 bits per heavy atom. The highest BCUT2D eigenvalue weighted by molar-refractivity contribution is 4.96. The fourth-order valence-electron chi connectivity index (χ4n) is 1.55. The van der Waals surface area contributed by atoms with Gasteiger partial charge in [-0.15, -0.1) is 0 Å². The van der Waals surface area contributed by atoms with E-state index in [4.69, 9.17) is 17.2 Å². The molecule has 1 atom stereocenters. The third-order valence-corrected chi connectivity index (χ3v) is 3.30. The summed E-state index contributed by atoms with van der Waals surface area (Å²) in [5.41, 5.74) is 18.0. The van der Waals surface area contributed by atoms with E-state index in [2.05, 4.69) is 6.92 Å². The zero-order valence-corrected chi connectivity index (χ0v) is 10.2. The molecule has 0 saturated heterocycles. The van der Waals surface area contributed by atoms with Crippen LogP contribution in [0.25, 0.3) is 0 Å². The number of hydrogen-bond acceptors (Lipinski definition) is 4. The lowest BCUT2D eigenvalue weighted by Crippen LogP contribution is -2.72. The summed E-state index contributed by atoms with van der Waals surface area (Å²) in [6, 6.07) is 0.0184. The van der Waals surface area contributed by atoms with E-state index in [-0.39, 0.29) is 11.5 Å². The molecule has 0 aromatic heterocycles. The van der Waals surface area contributed by atoms with Gasteiger partial charge in [-0.1, -0.05) is 27.2 Å². The molecule has 0 spiro atoms. The molecular formula is C10H26N4. The van der Waals surface area contributed by atoms with Crippen LogP contribution in [0.3, 0.4) is 0 Å². The third kappa shape index (κ3) is 2.45. The Balaban J connectivity index is 4.74. The van der Waals surface area contributed by atoms with Gasteiger partial charge >= 0.3 is 0 Å². The minimum absolute atomic E-state index is 0.0184. The van der Waals surface area contributed by atoms with Crippen LogP contribution >= 0.6 is 0 Å². The summed E-state index contributed by atoms with van der Waals surface area (Å²) in [5, 5.41) is 0. The molecule has 0 aromatic rings. The Kier molecular flexibility index (Phi) is 4.52. The zero-order valence-electron chi connectivity index (χ0n) is 10.2. The van der Waals surface area contributed by atoms with E-state index in [1.165, 1.54) is 0 Å². The van der Waals surface area contributed by atoms with Crippen LogP contribution in [0.2, 0.25) is 0 Å². The Hall–Kier alpha value is -0.160. The lowest BCUT2D eigenvalue weighted by molar-refractivity contribution is 0.00633. The molecule has 0 heterocycles. The summed E-state index contributed by atoms with van der Waals surface area (Å²) in [5.74, 6) is -0.873. The number of rotatable bonds is 5. The van der Waals surface area contributed by atoms with Gasteiger partial charge in [0, 0.05) is 11.5 Å². The first-order chi connectivity index (χ1) is 6.17. The molecule has 0 rings (SSSR count). The monoisotopic (exact) mass is 202 g/mol. The van der Waals surface area contributed by atoms with Gasteiger partial charge in [0.05, 0.1) is 0 Å². The molecule has 4 heteroatoms. The lowest BCUT2D eigenvalue weighted by atomic mass is 9.76. The average Bonchev–Trinajstić information content (AvgIpc) is 2.04. The van der Waals surface area contributed by atoms with Crippen LogP contribution in [-0.2, 0) is 0 Å². The molecule has 0 fully saturated rings. The largest absolute Gasteiger partial charge is 0.327 e. The molecule has 0 aromatic carbocycles. The predicted molar refractivity (Wildman–Crippen MR) is 61.5 cm³/mol. The molecule has 0 amide bonds. The molecule has 0 aliphatic heterocycles. The maximum atomic E-state index is 6.10. The van der Waals surface area contributed by atoms with Crippen LogP contribution in [0.15, 0.2) is 0 Å². The number of hydrogen-bond donors (Lipinski definition) is 3. The van der Waals surface area contributed by atoms with E-state index < -0.39 is 5.79 Å². The summed E-state index contributed by atoms with van der Waals surface area (Å²) in [7, 11) is 3.75. The van der Waals surface area contributed by atoms with Crippen LogP contribution in [0.5, 0.6) is 0 Å². The highest BCUT2D eigenvalue weighted by atomic mass is 15.3. The summed E-state index contributed by atoms with van der Waals surface area (Å²) in [6.45, 7) is 6.15. The van der Waals surface area contributed by atoms with Gasteiger partial charge in [-0.3, -0.25) is 4.90 Å². The van der Waals surface area contributed by atoms with Crippen molar-refractivity contribution in [1.29, 1.82) is 0 Å². The van der Waals surface area contributed by atoms with E-state index in [1.54, 1.807) is 0 Å². The Bertz CT molecular complexity index is 175. The fraction of sp³-hybridized carbons (Fsp3) is 1.00. The molecule has 0 radical (unpaired) electrons. The van der Waals surface area contributed by atoms with Gasteiger partial charge < -0.3 is 17.2 Å². The molecule has 86 valence electrons. The van der Waals surface area contributed by atoms with Gasteiger partial charge in [0.25, 0.3) is 0 Å². The van der Waals surface area contributed by atoms with Gasteiger partial charge in [0.2, 0.25) is 0 Å². The van der Waals surface area contributed by atoms with Crippen molar-refractivity contribution in [2.45, 2.75) is 45.4 Å². The quantitative estimate of drug-likeness (QED) is 0.559. The van der Waals surface area contributed by atoms with Crippen molar-refractivity contribution in [3.05, 3.63) is 0 Å². The first kappa shape index (κ1) is 13.8. The van der Waals surface area contributed by atoms with Gasteiger partial charge in [0.1, 0.15) is 5.79 Å². The maximum Gasteiger partial charge on any atom is 0.127 e. The van der Waals surface area contributed by atoms with Crippen LogP contribution in [0, 0.1) is 5.41 Å². The van der Waals surface area contributed by atoms with E-state index in [0.29, 0.717) is 0 Å². The number of nitrogens with zero attached hydrogens (tertiary/aromatic N) is 1. The van der Waals surface area contributed by atoms with E-state index in [9.17, 15) is 0 Å². The number of nitrogens with two attached hydrogens (primary N) is 3. The fourth-order valence-corrected chi connectivity index (χ4v) is 1.55. The molecule has 0 aliphatic rings. The highest BCUT2D eigenvalue weighted by Crippen LogP contribution is 2.31. The first-order valence-electron chi connectivity index (χ1n) is 5.18. The predicted octanol–water partition coefficient (Wildman–Crippen LogP) is 0.273. The van der Waals surface area contributed by atoms with Crippen LogP contribution in [0.1, 0.15) is 33.6 Å². The van der Waals surface area contributed by atoms with Crippen molar-refractivity contribution in [3.8, 4) is 0 Å². The van der Waals surface area contributed by atoms with E-state index >= 15 is 0 Å². The second kappa shape index (κ2) is 4.57. The van der Waals surface area contributed by atoms with Gasteiger partial charge in [-0.25, -0.2) is 0 Å². The minimum Gasteiger partial charge on any atom is -0.327 e. The molecule has 0 saturated carbocycles. The third-order valence-electron chi connectivity index (χ3n) is 3.30. The normalized spacial score (nSPS) is 16.1. The van der Waals surface area contributed by atoms with Crippen molar-refractivity contribution in [2.75, 3.05) is 14.1 Å². The topological polar surface area (TPSA) is 81.3 Å². The van der Waals surface area contributed by atoms with Crippen molar-refractivity contribution in [2.24, 2.45) is 22.6 Å². The molecule has 6 N–H and O–H groups in total. The summed E-state index contributed by atoms with van der Waals surface area (Å²) in [4.78, 5) is 1.82. The standard InChI is InChI=1S/C10H26N4/c1-6-7-8(11)9(2,3)10(12,13)14(4)5/h8H,6-7,11-13H2,1-5H3. The lowest BCUT2D eigenvalue weighted by Gasteiger charge is -2.48. The smallest absolute Gasteiger partial charge is 0.127 e. The molecule has 0 bridgehead atoms. The van der Waals surface area contributed by atoms with Crippen molar-refractivity contribution in [3.63, 3.8) is 0 Å². The second-order valence-electron chi connectivity index (χ2n) is 4.84. The molecule has 1 unspecified atom stereocenters. The van der Waals surface area contributed by atoms with Crippen LogP contribution in [-0.4, -0.2) is 30.8 Å². The zero-order chi connectivity index (χ0) is 11.6. The van der Waals surface area contributed by atoms with Crippen molar-refractivity contribution < 1.29 is 0 Å². The summed E-state index contributed by atoms with van der Waals surface area (Å²) in [6.07, 6.45) is 1.99. The second-order valence-corrected chi connectivity index (χ2v) is 4.84. The Morgan fingerprint density at radius 3 is 1.93 bits per heavy atom. The molecule has 14 heavy (non-hydrogen) atoms. The molecule has 0 aliphatic carbocycles. The van der Waals surface area contributed by atoms with Crippen LogP contribution in [0.4, 0.5) is 0 Å². The van der Waals surface area contributed by atoms with Crippen LogP contribution < -0.4 is 17.2 Å².